The fraction of sp³-hybridized carbons (Fsp3) is 0.389. The van der Waals surface area contributed by atoms with Gasteiger partial charge in [0.2, 0.25) is 0 Å². The van der Waals surface area contributed by atoms with Gasteiger partial charge in [-0.2, -0.15) is 18.3 Å². The molecule has 3 aromatic rings. The third kappa shape index (κ3) is 5.09. The van der Waals surface area contributed by atoms with Gasteiger partial charge in [0.1, 0.15) is 16.8 Å². The third-order valence-electron chi connectivity index (χ3n) is 4.39. The zero-order valence-electron chi connectivity index (χ0n) is 16.1. The van der Waals surface area contributed by atoms with E-state index in [-0.39, 0.29) is 11.6 Å². The summed E-state index contributed by atoms with van der Waals surface area (Å²) in [7, 11) is 0. The van der Waals surface area contributed by atoms with E-state index in [4.69, 9.17) is 0 Å². The SMILES string of the molecule is CC(C)[C@H](c1ccc(OC(F)(F)F)cc1)n1nc(CC(F)(F)F)c2c(=O)[nH]c(=O)[nH]c21. The minimum atomic E-state index is -4.88. The van der Waals surface area contributed by atoms with E-state index >= 15 is 0 Å². The lowest BCUT2D eigenvalue weighted by Gasteiger charge is -2.23. The Balaban J connectivity index is 2.17. The number of benzene rings is 1. The zero-order chi connectivity index (χ0) is 23.1. The van der Waals surface area contributed by atoms with E-state index < -0.39 is 53.1 Å². The highest BCUT2D eigenvalue weighted by molar-refractivity contribution is 5.77. The Morgan fingerprint density at radius 3 is 2.16 bits per heavy atom. The molecule has 31 heavy (non-hydrogen) atoms. The number of hydrogen-bond acceptors (Lipinski definition) is 4. The number of hydrogen-bond donors (Lipinski definition) is 2. The van der Waals surface area contributed by atoms with E-state index in [1.165, 1.54) is 12.1 Å². The topological polar surface area (TPSA) is 92.8 Å². The minimum Gasteiger partial charge on any atom is -0.406 e. The highest BCUT2D eigenvalue weighted by Crippen LogP contribution is 2.32. The van der Waals surface area contributed by atoms with E-state index in [2.05, 4.69) is 14.8 Å². The van der Waals surface area contributed by atoms with Crippen molar-refractivity contribution in [3.05, 3.63) is 56.4 Å². The summed E-state index contributed by atoms with van der Waals surface area (Å²) in [5, 5.41) is 3.53. The predicted octanol–water partition coefficient (Wildman–Crippen LogP) is 3.66. The van der Waals surface area contributed by atoms with Crippen LogP contribution in [0, 0.1) is 5.92 Å². The number of aromatic nitrogens is 4. The molecule has 0 fully saturated rings. The van der Waals surface area contributed by atoms with Crippen LogP contribution >= 0.6 is 0 Å². The molecule has 0 bridgehead atoms. The average Bonchev–Trinajstić information content (AvgIpc) is 2.91. The first-order chi connectivity index (χ1) is 14.2. The van der Waals surface area contributed by atoms with Crippen molar-refractivity contribution in [2.75, 3.05) is 0 Å². The maximum atomic E-state index is 13.0. The van der Waals surface area contributed by atoms with E-state index in [1.54, 1.807) is 13.8 Å². The van der Waals surface area contributed by atoms with Crippen LogP contribution in [-0.2, 0) is 6.42 Å². The first kappa shape index (κ1) is 22.4. The van der Waals surface area contributed by atoms with Gasteiger partial charge in [-0.25, -0.2) is 9.48 Å². The Labute approximate surface area is 169 Å². The fourth-order valence-corrected chi connectivity index (χ4v) is 3.33. The number of aromatic amines is 2. The summed E-state index contributed by atoms with van der Waals surface area (Å²) in [5.41, 5.74) is -2.38. The molecule has 1 atom stereocenters. The summed E-state index contributed by atoms with van der Waals surface area (Å²) in [5.74, 6) is -0.814. The molecule has 2 aromatic heterocycles. The van der Waals surface area contributed by atoms with Gasteiger partial charge in [0.15, 0.2) is 0 Å². The molecule has 0 unspecified atom stereocenters. The van der Waals surface area contributed by atoms with Crippen LogP contribution in [0.5, 0.6) is 5.75 Å². The molecule has 0 radical (unpaired) electrons. The first-order valence-electron chi connectivity index (χ1n) is 8.91. The summed E-state index contributed by atoms with van der Waals surface area (Å²) in [6, 6.07) is 3.90. The molecule has 168 valence electrons. The molecule has 0 amide bonds. The number of halogens is 6. The first-order valence-corrected chi connectivity index (χ1v) is 8.91. The smallest absolute Gasteiger partial charge is 0.406 e. The summed E-state index contributed by atoms with van der Waals surface area (Å²) in [4.78, 5) is 28.1. The second-order valence-electron chi connectivity index (χ2n) is 7.12. The molecule has 0 aliphatic rings. The number of rotatable bonds is 5. The second-order valence-corrected chi connectivity index (χ2v) is 7.12. The lowest BCUT2D eigenvalue weighted by Crippen LogP contribution is -2.25. The maximum absolute atomic E-state index is 13.0. The molecular weight excluding hydrogens is 434 g/mol. The van der Waals surface area contributed by atoms with Crippen molar-refractivity contribution in [1.82, 2.24) is 19.7 Å². The van der Waals surface area contributed by atoms with Gasteiger partial charge in [-0.1, -0.05) is 26.0 Å². The summed E-state index contributed by atoms with van der Waals surface area (Å²) >= 11 is 0. The van der Waals surface area contributed by atoms with E-state index in [1.807, 2.05) is 4.98 Å². The molecule has 0 saturated heterocycles. The van der Waals surface area contributed by atoms with Crippen molar-refractivity contribution < 1.29 is 31.1 Å². The average molecular weight is 450 g/mol. The van der Waals surface area contributed by atoms with Crippen LogP contribution in [-0.4, -0.2) is 32.3 Å². The summed E-state index contributed by atoms with van der Waals surface area (Å²) < 4.78 is 81.1. The van der Waals surface area contributed by atoms with E-state index in [0.717, 1.165) is 16.8 Å². The van der Waals surface area contributed by atoms with Crippen LogP contribution in [0.2, 0.25) is 0 Å². The molecule has 7 nitrogen and oxygen atoms in total. The Hall–Kier alpha value is -3.25. The monoisotopic (exact) mass is 450 g/mol. The maximum Gasteiger partial charge on any atom is 0.573 e. The van der Waals surface area contributed by atoms with Crippen LogP contribution in [0.4, 0.5) is 26.3 Å². The Morgan fingerprint density at radius 1 is 1.03 bits per heavy atom. The second kappa shape index (κ2) is 7.78. The number of alkyl halides is 6. The van der Waals surface area contributed by atoms with Gasteiger partial charge in [-0.3, -0.25) is 14.8 Å². The number of nitrogens with one attached hydrogen (secondary N) is 2. The van der Waals surface area contributed by atoms with Gasteiger partial charge in [-0.15, -0.1) is 13.2 Å². The minimum absolute atomic E-state index is 0.220. The molecule has 13 heteroatoms. The molecule has 2 N–H and O–H groups in total. The lowest BCUT2D eigenvalue weighted by atomic mass is 9.96. The largest absolute Gasteiger partial charge is 0.573 e. The third-order valence-corrected chi connectivity index (χ3v) is 4.39. The Morgan fingerprint density at radius 2 is 1.65 bits per heavy atom. The van der Waals surface area contributed by atoms with E-state index in [0.29, 0.717) is 5.56 Å². The standard InChI is InChI=1S/C18H16F6N4O3/c1-8(2)13(9-3-5-10(6-4-9)31-18(22,23)24)28-14-12(15(29)26-16(30)25-14)11(27-28)7-17(19,20)21/h3-6,8,13H,7H2,1-2H3,(H2,25,26,29,30)/t13-/m1/s1. The molecule has 3 rings (SSSR count). The molecular formula is C18H16F6N4O3. The van der Waals surface area contributed by atoms with Gasteiger partial charge in [0.05, 0.1) is 18.2 Å². The fourth-order valence-electron chi connectivity index (χ4n) is 3.33. The summed E-state index contributed by atoms with van der Waals surface area (Å²) in [6.45, 7) is 3.40. The van der Waals surface area contributed by atoms with Crippen molar-refractivity contribution in [2.24, 2.45) is 5.92 Å². The van der Waals surface area contributed by atoms with Gasteiger partial charge >= 0.3 is 18.2 Å². The molecule has 0 aliphatic carbocycles. The van der Waals surface area contributed by atoms with Gasteiger partial charge in [0.25, 0.3) is 5.56 Å². The highest BCUT2D eigenvalue weighted by atomic mass is 19.4. The van der Waals surface area contributed by atoms with Crippen LogP contribution in [0.3, 0.4) is 0 Å². The number of ether oxygens (including phenoxy) is 1. The van der Waals surface area contributed by atoms with Crippen molar-refractivity contribution in [2.45, 2.75) is 38.8 Å². The van der Waals surface area contributed by atoms with E-state index in [9.17, 15) is 35.9 Å². The van der Waals surface area contributed by atoms with Crippen LogP contribution < -0.4 is 16.0 Å². The lowest BCUT2D eigenvalue weighted by molar-refractivity contribution is -0.274. The highest BCUT2D eigenvalue weighted by Gasteiger charge is 2.34. The summed E-state index contributed by atoms with van der Waals surface area (Å²) in [6.07, 6.45) is -11.1. The van der Waals surface area contributed by atoms with Gasteiger partial charge in [-0.05, 0) is 23.6 Å². The Kier molecular flexibility index (Phi) is 5.63. The quantitative estimate of drug-likeness (QED) is 0.581. The van der Waals surface area contributed by atoms with Crippen molar-refractivity contribution in [3.8, 4) is 5.75 Å². The molecule has 0 aliphatic heterocycles. The number of fused-ring (bicyclic) bond motifs is 1. The molecule has 2 heterocycles. The van der Waals surface area contributed by atoms with Crippen LogP contribution in [0.25, 0.3) is 11.0 Å². The Bertz CT molecular complexity index is 1190. The molecule has 0 saturated carbocycles. The van der Waals surface area contributed by atoms with Crippen molar-refractivity contribution in [1.29, 1.82) is 0 Å². The van der Waals surface area contributed by atoms with Gasteiger partial charge < -0.3 is 4.74 Å². The predicted molar refractivity (Wildman–Crippen MR) is 96.8 cm³/mol. The normalized spacial score (nSPS) is 13.7. The number of nitrogens with zero attached hydrogens (tertiary/aromatic N) is 2. The van der Waals surface area contributed by atoms with Crippen LogP contribution in [0.15, 0.2) is 33.9 Å². The van der Waals surface area contributed by atoms with Crippen molar-refractivity contribution >= 4 is 11.0 Å². The molecule has 0 spiro atoms. The van der Waals surface area contributed by atoms with Crippen LogP contribution in [0.1, 0.15) is 31.1 Å². The van der Waals surface area contributed by atoms with Crippen molar-refractivity contribution in [3.63, 3.8) is 0 Å². The zero-order valence-corrected chi connectivity index (χ0v) is 16.1. The molecule has 1 aromatic carbocycles. The van der Waals surface area contributed by atoms with Gasteiger partial charge in [0, 0.05) is 0 Å². The number of H-pyrrole nitrogens is 2.